The number of carbonyl (C=O) groups excluding carboxylic acids is 1. The Morgan fingerprint density at radius 3 is 2.64 bits per heavy atom. The second-order valence-electron chi connectivity index (χ2n) is 4.73. The molecule has 0 atom stereocenters. The van der Waals surface area contributed by atoms with E-state index in [2.05, 4.69) is 15.8 Å². The van der Waals surface area contributed by atoms with Crippen molar-refractivity contribution in [2.45, 2.75) is 0 Å². The Balaban J connectivity index is 2.09. The van der Waals surface area contributed by atoms with Gasteiger partial charge in [-0.15, -0.1) is 0 Å². The highest BCUT2D eigenvalue weighted by Gasteiger charge is 2.11. The van der Waals surface area contributed by atoms with E-state index in [4.69, 9.17) is 4.74 Å². The van der Waals surface area contributed by atoms with Gasteiger partial charge in [-0.1, -0.05) is 0 Å². The summed E-state index contributed by atoms with van der Waals surface area (Å²) in [4.78, 5) is 17.5. The van der Waals surface area contributed by atoms with E-state index >= 15 is 0 Å². The van der Waals surface area contributed by atoms with Crippen LogP contribution in [0.25, 0.3) is 0 Å². The van der Waals surface area contributed by atoms with Crippen molar-refractivity contribution in [1.82, 2.24) is 10.4 Å². The molecule has 1 amide bonds. The second-order valence-corrected chi connectivity index (χ2v) is 4.73. The van der Waals surface area contributed by atoms with Gasteiger partial charge in [0.15, 0.2) is 0 Å². The fraction of sp³-hybridized carbons (Fsp3) is 0.200. The van der Waals surface area contributed by atoms with Gasteiger partial charge in [-0.05, 0) is 30.3 Å². The number of methoxy groups -OCH3 is 1. The molecule has 0 aliphatic heterocycles. The zero-order chi connectivity index (χ0) is 16.1. The second kappa shape index (κ2) is 6.75. The smallest absolute Gasteiger partial charge is 0.269 e. The van der Waals surface area contributed by atoms with Crippen LogP contribution in [0.1, 0.15) is 10.4 Å². The van der Waals surface area contributed by atoms with Crippen LogP contribution >= 0.6 is 0 Å². The Hall–Kier alpha value is -2.83. The monoisotopic (exact) mass is 304 g/mol. The summed E-state index contributed by atoms with van der Waals surface area (Å²) in [6.07, 6.45) is 1.29. The predicted octanol–water partition coefficient (Wildman–Crippen LogP) is 2.05. The van der Waals surface area contributed by atoms with Gasteiger partial charge in [-0.2, -0.15) is 4.39 Å². The minimum atomic E-state index is -0.581. The summed E-state index contributed by atoms with van der Waals surface area (Å²) in [5.74, 6) is -0.227. The molecular weight excluding hydrogens is 287 g/mol. The van der Waals surface area contributed by atoms with Crippen molar-refractivity contribution in [3.05, 3.63) is 48.0 Å². The number of anilines is 2. The van der Waals surface area contributed by atoms with Gasteiger partial charge in [-0.25, -0.2) is 4.98 Å². The van der Waals surface area contributed by atoms with Crippen LogP contribution in [0.4, 0.5) is 15.8 Å². The minimum Gasteiger partial charge on any atom is -0.495 e. The molecule has 0 unspecified atom stereocenters. The lowest BCUT2D eigenvalue weighted by Gasteiger charge is -2.17. The molecule has 1 heterocycles. The maximum Gasteiger partial charge on any atom is 0.269 e. The average Bonchev–Trinajstić information content (AvgIpc) is 2.53. The van der Waals surface area contributed by atoms with Crippen molar-refractivity contribution >= 4 is 17.3 Å². The molecule has 2 rings (SSSR count). The zero-order valence-corrected chi connectivity index (χ0v) is 12.6. The van der Waals surface area contributed by atoms with Gasteiger partial charge in [0.05, 0.1) is 24.7 Å². The Labute approximate surface area is 127 Å². The SMILES string of the molecule is COc1ccc(C(=O)NNc2ccc(F)nc2)cc1N(C)C. The maximum absolute atomic E-state index is 12.7. The van der Waals surface area contributed by atoms with Crippen molar-refractivity contribution in [1.29, 1.82) is 0 Å². The molecule has 0 aliphatic carbocycles. The first kappa shape index (κ1) is 15.6. The van der Waals surface area contributed by atoms with E-state index in [1.165, 1.54) is 18.3 Å². The topological polar surface area (TPSA) is 66.5 Å². The molecular formula is C15H17FN4O2. The van der Waals surface area contributed by atoms with Gasteiger partial charge in [0.25, 0.3) is 5.91 Å². The number of pyridine rings is 1. The molecule has 2 aromatic rings. The first-order valence-electron chi connectivity index (χ1n) is 6.54. The molecule has 22 heavy (non-hydrogen) atoms. The van der Waals surface area contributed by atoms with Crippen molar-refractivity contribution in [3.8, 4) is 5.75 Å². The van der Waals surface area contributed by atoms with Crippen LogP contribution in [0.2, 0.25) is 0 Å². The molecule has 1 aromatic carbocycles. The lowest BCUT2D eigenvalue weighted by atomic mass is 10.1. The normalized spacial score (nSPS) is 10.0. The highest BCUT2D eigenvalue weighted by molar-refractivity contribution is 5.96. The summed E-state index contributed by atoms with van der Waals surface area (Å²) in [5.41, 5.74) is 6.94. The van der Waals surface area contributed by atoms with Crippen molar-refractivity contribution in [3.63, 3.8) is 0 Å². The van der Waals surface area contributed by atoms with Gasteiger partial charge in [0, 0.05) is 19.7 Å². The lowest BCUT2D eigenvalue weighted by Crippen LogP contribution is -2.29. The number of amides is 1. The number of nitrogens with zero attached hydrogens (tertiary/aromatic N) is 2. The third-order valence-corrected chi connectivity index (χ3v) is 2.97. The Morgan fingerprint density at radius 2 is 2.05 bits per heavy atom. The third-order valence-electron chi connectivity index (χ3n) is 2.97. The molecule has 2 N–H and O–H groups in total. The number of aromatic nitrogens is 1. The van der Waals surface area contributed by atoms with Crippen molar-refractivity contribution in [2.24, 2.45) is 0 Å². The maximum atomic E-state index is 12.7. The number of carbonyl (C=O) groups is 1. The van der Waals surface area contributed by atoms with Gasteiger partial charge >= 0.3 is 0 Å². The lowest BCUT2D eigenvalue weighted by molar-refractivity contribution is 0.0962. The van der Waals surface area contributed by atoms with Gasteiger partial charge in [0.2, 0.25) is 5.95 Å². The van der Waals surface area contributed by atoms with E-state index in [1.54, 1.807) is 25.3 Å². The molecule has 0 aliphatic rings. The number of hydrazine groups is 1. The number of benzene rings is 1. The first-order chi connectivity index (χ1) is 10.5. The standard InChI is InChI=1S/C15H17FN4O2/c1-20(2)12-8-10(4-6-13(12)22-3)15(21)19-18-11-5-7-14(16)17-9-11/h4-9,18H,1-3H3,(H,19,21). The molecule has 1 aromatic heterocycles. The summed E-state index contributed by atoms with van der Waals surface area (Å²) in [7, 11) is 5.30. The van der Waals surface area contributed by atoms with Crippen LogP contribution in [0.3, 0.4) is 0 Å². The molecule has 116 valence electrons. The summed E-state index contributed by atoms with van der Waals surface area (Å²) in [5, 5.41) is 0. The predicted molar refractivity (Wildman–Crippen MR) is 82.6 cm³/mol. The number of halogens is 1. The average molecular weight is 304 g/mol. The molecule has 0 spiro atoms. The number of ether oxygens (including phenoxy) is 1. The molecule has 0 radical (unpaired) electrons. The van der Waals surface area contributed by atoms with E-state index in [-0.39, 0.29) is 5.91 Å². The number of hydrogen-bond donors (Lipinski definition) is 2. The van der Waals surface area contributed by atoms with Crippen molar-refractivity contribution in [2.75, 3.05) is 31.5 Å². The Morgan fingerprint density at radius 1 is 1.27 bits per heavy atom. The van der Waals surface area contributed by atoms with E-state index in [0.29, 0.717) is 17.0 Å². The molecule has 0 bridgehead atoms. The Bertz CT molecular complexity index is 659. The minimum absolute atomic E-state index is 0.324. The number of hydrogen-bond acceptors (Lipinski definition) is 5. The molecule has 0 saturated carbocycles. The van der Waals surface area contributed by atoms with E-state index < -0.39 is 5.95 Å². The number of rotatable bonds is 5. The van der Waals surface area contributed by atoms with Crippen molar-refractivity contribution < 1.29 is 13.9 Å². The summed E-state index contributed by atoms with van der Waals surface area (Å²) in [6.45, 7) is 0. The van der Waals surface area contributed by atoms with E-state index in [1.807, 2.05) is 19.0 Å². The van der Waals surface area contributed by atoms with Crippen LogP contribution < -0.4 is 20.5 Å². The highest BCUT2D eigenvalue weighted by Crippen LogP contribution is 2.27. The largest absolute Gasteiger partial charge is 0.495 e. The van der Waals surface area contributed by atoms with Crippen LogP contribution in [0, 0.1) is 5.95 Å². The van der Waals surface area contributed by atoms with Gasteiger partial charge in [-0.3, -0.25) is 15.6 Å². The first-order valence-corrected chi connectivity index (χ1v) is 6.54. The third kappa shape index (κ3) is 3.63. The number of nitrogens with one attached hydrogen (secondary N) is 2. The summed E-state index contributed by atoms with van der Waals surface area (Å²) in [6, 6.07) is 7.78. The van der Waals surface area contributed by atoms with Gasteiger partial charge < -0.3 is 9.64 Å². The summed E-state index contributed by atoms with van der Waals surface area (Å²) >= 11 is 0. The zero-order valence-electron chi connectivity index (χ0n) is 12.6. The molecule has 0 saturated heterocycles. The van der Waals surface area contributed by atoms with Crippen LogP contribution in [-0.2, 0) is 0 Å². The van der Waals surface area contributed by atoms with Gasteiger partial charge in [0.1, 0.15) is 5.75 Å². The van der Waals surface area contributed by atoms with Crippen LogP contribution in [-0.4, -0.2) is 32.1 Å². The fourth-order valence-electron chi connectivity index (χ4n) is 1.83. The molecule has 0 fully saturated rings. The van der Waals surface area contributed by atoms with E-state index in [9.17, 15) is 9.18 Å². The quantitative estimate of drug-likeness (QED) is 0.654. The van der Waals surface area contributed by atoms with Crippen LogP contribution in [0.5, 0.6) is 5.75 Å². The van der Waals surface area contributed by atoms with E-state index in [0.717, 1.165) is 5.69 Å². The van der Waals surface area contributed by atoms with Crippen LogP contribution in [0.15, 0.2) is 36.5 Å². The molecule has 6 nitrogen and oxygen atoms in total. The molecule has 7 heteroatoms. The Kier molecular flexibility index (Phi) is 4.77. The summed E-state index contributed by atoms with van der Waals surface area (Å²) < 4.78 is 17.9. The fourth-order valence-corrected chi connectivity index (χ4v) is 1.83. The highest BCUT2D eigenvalue weighted by atomic mass is 19.1.